The van der Waals surface area contributed by atoms with Gasteiger partial charge in [-0.3, -0.25) is 9.89 Å². The Labute approximate surface area is 150 Å². The molecule has 0 aliphatic carbocycles. The number of nitriles is 1. The van der Waals surface area contributed by atoms with Crippen LogP contribution in [0.4, 0.5) is 13.2 Å². The molecule has 0 radical (unpaired) electrons. The van der Waals surface area contributed by atoms with Gasteiger partial charge in [-0.15, -0.1) is 5.10 Å². The number of primary amides is 1. The van der Waals surface area contributed by atoms with E-state index in [-0.39, 0.29) is 35.3 Å². The standard InChI is InChI=1S/C16H12F3N5O3/c17-16(18,19)13-12-11(9(5-20)14(22)27-15(12)24-23-13)7-1-3-8(4-2-7)26-6-10(21)25/h1-4,11H,6,22H2,(H2,21,25)(H,23,24)/t11-/m0/s1. The van der Waals surface area contributed by atoms with Crippen LogP contribution in [0.15, 0.2) is 35.7 Å². The van der Waals surface area contributed by atoms with Crippen molar-refractivity contribution in [2.24, 2.45) is 11.5 Å². The molecule has 2 heterocycles. The van der Waals surface area contributed by atoms with Gasteiger partial charge in [0.15, 0.2) is 6.61 Å². The fourth-order valence-electron chi connectivity index (χ4n) is 2.71. The topological polar surface area (TPSA) is 140 Å². The second-order valence-electron chi connectivity index (χ2n) is 5.56. The number of benzene rings is 1. The summed E-state index contributed by atoms with van der Waals surface area (Å²) in [7, 11) is 0. The molecule has 3 rings (SSSR count). The van der Waals surface area contributed by atoms with Crippen molar-refractivity contribution >= 4 is 5.91 Å². The van der Waals surface area contributed by atoms with E-state index in [1.54, 1.807) is 6.07 Å². The maximum Gasteiger partial charge on any atom is 0.433 e. The fraction of sp³-hybridized carbons (Fsp3) is 0.188. The van der Waals surface area contributed by atoms with Gasteiger partial charge in [0.25, 0.3) is 5.91 Å². The van der Waals surface area contributed by atoms with Crippen molar-refractivity contribution in [1.29, 1.82) is 5.26 Å². The summed E-state index contributed by atoms with van der Waals surface area (Å²) in [4.78, 5) is 10.8. The molecular formula is C16H12F3N5O3. The third-order valence-corrected chi connectivity index (χ3v) is 3.82. The molecule has 1 aromatic heterocycles. The van der Waals surface area contributed by atoms with Crippen LogP contribution < -0.4 is 20.9 Å². The molecule has 0 fully saturated rings. The smallest absolute Gasteiger partial charge is 0.433 e. The van der Waals surface area contributed by atoms with Gasteiger partial charge in [0.1, 0.15) is 23.1 Å². The number of allylic oxidation sites excluding steroid dienone is 1. The molecule has 1 atom stereocenters. The Morgan fingerprint density at radius 1 is 1.37 bits per heavy atom. The highest BCUT2D eigenvalue weighted by atomic mass is 19.4. The molecular weight excluding hydrogens is 367 g/mol. The monoisotopic (exact) mass is 379 g/mol. The second-order valence-corrected chi connectivity index (χ2v) is 5.56. The van der Waals surface area contributed by atoms with Gasteiger partial charge in [0.2, 0.25) is 11.8 Å². The van der Waals surface area contributed by atoms with Gasteiger partial charge in [0.05, 0.1) is 11.5 Å². The molecule has 8 nitrogen and oxygen atoms in total. The third kappa shape index (κ3) is 3.37. The predicted molar refractivity (Wildman–Crippen MR) is 84.0 cm³/mol. The number of hydrogen-bond donors (Lipinski definition) is 3. The number of ether oxygens (including phenoxy) is 2. The Morgan fingerprint density at radius 3 is 2.59 bits per heavy atom. The van der Waals surface area contributed by atoms with Crippen LogP contribution in [0, 0.1) is 11.3 Å². The van der Waals surface area contributed by atoms with Crippen molar-refractivity contribution in [3.05, 3.63) is 52.5 Å². The van der Waals surface area contributed by atoms with Crippen molar-refractivity contribution in [2.45, 2.75) is 12.1 Å². The predicted octanol–water partition coefficient (Wildman–Crippen LogP) is 1.51. The lowest BCUT2D eigenvalue weighted by atomic mass is 9.84. The molecule has 11 heteroatoms. The van der Waals surface area contributed by atoms with Gasteiger partial charge in [-0.1, -0.05) is 12.1 Å². The number of alkyl halides is 3. The minimum absolute atomic E-state index is 0.180. The molecule has 5 N–H and O–H groups in total. The van der Waals surface area contributed by atoms with Gasteiger partial charge in [-0.05, 0) is 17.7 Å². The average molecular weight is 379 g/mol. The molecule has 0 spiro atoms. The van der Waals surface area contributed by atoms with Gasteiger partial charge in [-0.25, -0.2) is 0 Å². The number of carbonyl (C=O) groups is 1. The number of fused-ring (bicyclic) bond motifs is 1. The summed E-state index contributed by atoms with van der Waals surface area (Å²) in [5.74, 6) is -2.21. The molecule has 0 bridgehead atoms. The van der Waals surface area contributed by atoms with Crippen LogP contribution in [-0.4, -0.2) is 22.7 Å². The zero-order chi connectivity index (χ0) is 19.8. The maximum atomic E-state index is 13.3. The van der Waals surface area contributed by atoms with Crippen LogP contribution in [0.3, 0.4) is 0 Å². The zero-order valence-corrected chi connectivity index (χ0v) is 13.5. The number of hydrogen-bond acceptors (Lipinski definition) is 6. The minimum atomic E-state index is -4.74. The summed E-state index contributed by atoms with van der Waals surface area (Å²) in [5.41, 5.74) is 9.36. The lowest BCUT2D eigenvalue weighted by Gasteiger charge is -2.24. The largest absolute Gasteiger partial charge is 0.484 e. The Morgan fingerprint density at radius 2 is 2.04 bits per heavy atom. The van der Waals surface area contributed by atoms with Crippen LogP contribution >= 0.6 is 0 Å². The minimum Gasteiger partial charge on any atom is -0.484 e. The van der Waals surface area contributed by atoms with Crippen molar-refractivity contribution < 1.29 is 27.4 Å². The number of aromatic nitrogens is 2. The van der Waals surface area contributed by atoms with Gasteiger partial charge in [0, 0.05) is 0 Å². The van der Waals surface area contributed by atoms with Crippen molar-refractivity contribution in [3.8, 4) is 17.7 Å². The molecule has 1 amide bonds. The average Bonchev–Trinajstić information content (AvgIpc) is 3.02. The lowest BCUT2D eigenvalue weighted by molar-refractivity contribution is -0.141. The molecule has 0 saturated carbocycles. The summed E-state index contributed by atoms with van der Waals surface area (Å²) in [5, 5.41) is 14.8. The summed E-state index contributed by atoms with van der Waals surface area (Å²) in [6, 6.07) is 7.57. The van der Waals surface area contributed by atoms with Gasteiger partial charge >= 0.3 is 6.18 Å². The number of nitrogens with zero attached hydrogens (tertiary/aromatic N) is 2. The summed E-state index contributed by atoms with van der Waals surface area (Å²) in [6.07, 6.45) is -4.74. The van der Waals surface area contributed by atoms with E-state index >= 15 is 0 Å². The number of aromatic amines is 1. The van der Waals surface area contributed by atoms with E-state index in [0.717, 1.165) is 0 Å². The normalized spacial score (nSPS) is 16.3. The van der Waals surface area contributed by atoms with Crippen LogP contribution in [0.5, 0.6) is 11.6 Å². The van der Waals surface area contributed by atoms with Crippen molar-refractivity contribution in [2.75, 3.05) is 6.61 Å². The molecule has 140 valence electrons. The highest BCUT2D eigenvalue weighted by Crippen LogP contribution is 2.46. The summed E-state index contributed by atoms with van der Waals surface area (Å²) < 4.78 is 50.2. The first-order valence-corrected chi connectivity index (χ1v) is 7.46. The summed E-state index contributed by atoms with van der Waals surface area (Å²) in [6.45, 7) is -0.350. The third-order valence-electron chi connectivity index (χ3n) is 3.82. The molecule has 1 aliphatic heterocycles. The first-order valence-electron chi connectivity index (χ1n) is 7.46. The van der Waals surface area contributed by atoms with E-state index in [2.05, 4.69) is 5.10 Å². The van der Waals surface area contributed by atoms with Crippen molar-refractivity contribution in [1.82, 2.24) is 10.2 Å². The SMILES string of the molecule is N#CC1=C(N)Oc2n[nH]c(C(F)(F)F)c2[C@H]1c1ccc(OCC(N)=O)cc1. The van der Waals surface area contributed by atoms with Crippen LogP contribution in [-0.2, 0) is 11.0 Å². The Kier molecular flexibility index (Phi) is 4.40. The Bertz CT molecular complexity index is 957. The van der Waals surface area contributed by atoms with E-state index in [0.29, 0.717) is 5.56 Å². The van der Waals surface area contributed by atoms with Crippen LogP contribution in [0.25, 0.3) is 0 Å². The van der Waals surface area contributed by atoms with E-state index in [1.807, 2.05) is 5.10 Å². The number of halogens is 3. The lowest BCUT2D eigenvalue weighted by Crippen LogP contribution is -2.23. The van der Waals surface area contributed by atoms with Crippen LogP contribution in [0.2, 0.25) is 0 Å². The molecule has 1 aliphatic rings. The Hall–Kier alpha value is -3.68. The zero-order valence-electron chi connectivity index (χ0n) is 13.5. The number of carbonyl (C=O) groups excluding carboxylic acids is 1. The molecule has 1 aromatic carbocycles. The summed E-state index contributed by atoms with van der Waals surface area (Å²) >= 11 is 0. The molecule has 27 heavy (non-hydrogen) atoms. The number of amides is 1. The van der Waals surface area contributed by atoms with Gasteiger partial charge in [-0.2, -0.15) is 18.4 Å². The highest BCUT2D eigenvalue weighted by molar-refractivity contribution is 5.75. The number of H-pyrrole nitrogens is 1. The quantitative estimate of drug-likeness (QED) is 0.736. The van der Waals surface area contributed by atoms with E-state index in [9.17, 15) is 23.2 Å². The molecule has 0 unspecified atom stereocenters. The van der Waals surface area contributed by atoms with Gasteiger partial charge < -0.3 is 20.9 Å². The fourth-order valence-corrected chi connectivity index (χ4v) is 2.71. The van der Waals surface area contributed by atoms with E-state index in [1.165, 1.54) is 24.3 Å². The number of nitrogens with two attached hydrogens (primary N) is 2. The highest BCUT2D eigenvalue weighted by Gasteiger charge is 2.44. The molecule has 0 saturated heterocycles. The first-order chi connectivity index (χ1) is 12.7. The maximum absolute atomic E-state index is 13.3. The second kappa shape index (κ2) is 6.56. The number of rotatable bonds is 4. The van der Waals surface area contributed by atoms with E-state index < -0.39 is 23.7 Å². The molecule has 2 aromatic rings. The van der Waals surface area contributed by atoms with Crippen LogP contribution in [0.1, 0.15) is 22.7 Å². The Balaban J connectivity index is 2.07. The van der Waals surface area contributed by atoms with E-state index in [4.69, 9.17) is 20.9 Å². The van der Waals surface area contributed by atoms with Crippen molar-refractivity contribution in [3.63, 3.8) is 0 Å². The number of nitrogens with one attached hydrogen (secondary N) is 1. The first kappa shape index (κ1) is 18.1.